The highest BCUT2D eigenvalue weighted by Crippen LogP contribution is 2.22. The van der Waals surface area contributed by atoms with Crippen molar-refractivity contribution < 1.29 is 22.7 Å². The highest BCUT2D eigenvalue weighted by molar-refractivity contribution is 5.68. The van der Waals surface area contributed by atoms with Crippen LogP contribution in [0.2, 0.25) is 0 Å². The average Bonchev–Trinajstić information content (AvgIpc) is 2.07. The molecule has 4 nitrogen and oxygen atoms in total. The average molecular weight is 256 g/mol. The van der Waals surface area contributed by atoms with Crippen LogP contribution in [0.15, 0.2) is 0 Å². The number of nitrogens with two attached hydrogens (primary N) is 1. The van der Waals surface area contributed by atoms with Crippen molar-refractivity contribution in [1.29, 1.82) is 0 Å². The second-order valence-electron chi connectivity index (χ2n) is 4.73. The Morgan fingerprint density at radius 2 is 1.88 bits per heavy atom. The molecular weight excluding hydrogens is 237 g/mol. The summed E-state index contributed by atoms with van der Waals surface area (Å²) < 4.78 is 40.8. The third kappa shape index (κ3) is 9.92. The van der Waals surface area contributed by atoms with E-state index < -0.39 is 30.3 Å². The summed E-state index contributed by atoms with van der Waals surface area (Å²) in [5.41, 5.74) is 4.59. The van der Waals surface area contributed by atoms with Crippen molar-refractivity contribution in [2.45, 2.75) is 51.4 Å². The van der Waals surface area contributed by atoms with Crippen molar-refractivity contribution in [2.24, 2.45) is 5.73 Å². The van der Waals surface area contributed by atoms with Crippen LogP contribution in [0, 0.1) is 0 Å². The van der Waals surface area contributed by atoms with Crippen LogP contribution in [-0.2, 0) is 4.74 Å². The van der Waals surface area contributed by atoms with Crippen molar-refractivity contribution in [2.75, 3.05) is 6.54 Å². The molecule has 0 rings (SSSR count). The lowest BCUT2D eigenvalue weighted by Gasteiger charge is -2.23. The van der Waals surface area contributed by atoms with E-state index in [2.05, 4.69) is 5.32 Å². The van der Waals surface area contributed by atoms with Crippen LogP contribution in [0.1, 0.15) is 33.6 Å². The van der Waals surface area contributed by atoms with Gasteiger partial charge in [-0.3, -0.25) is 0 Å². The molecule has 1 amide bonds. The molecular formula is C10H19F3N2O2. The van der Waals surface area contributed by atoms with Gasteiger partial charge in [0.15, 0.2) is 0 Å². The predicted molar refractivity (Wildman–Crippen MR) is 57.5 cm³/mol. The Labute approximate surface area is 98.7 Å². The zero-order chi connectivity index (χ0) is 13.7. The number of ether oxygens (including phenoxy) is 1. The van der Waals surface area contributed by atoms with Gasteiger partial charge in [-0.05, 0) is 27.2 Å². The molecule has 0 aromatic heterocycles. The summed E-state index contributed by atoms with van der Waals surface area (Å²) >= 11 is 0. The molecule has 0 aliphatic rings. The maximum atomic E-state index is 12.0. The molecule has 0 aliphatic heterocycles. The van der Waals surface area contributed by atoms with Crippen LogP contribution in [0.4, 0.5) is 18.0 Å². The van der Waals surface area contributed by atoms with E-state index in [4.69, 9.17) is 10.5 Å². The monoisotopic (exact) mass is 256 g/mol. The number of amides is 1. The van der Waals surface area contributed by atoms with E-state index in [1.54, 1.807) is 20.8 Å². The molecule has 0 fully saturated rings. The zero-order valence-corrected chi connectivity index (χ0v) is 10.2. The second kappa shape index (κ2) is 6.09. The van der Waals surface area contributed by atoms with Gasteiger partial charge >= 0.3 is 12.3 Å². The van der Waals surface area contributed by atoms with Crippen LogP contribution in [-0.4, -0.2) is 30.5 Å². The molecule has 0 heterocycles. The lowest BCUT2D eigenvalue weighted by atomic mass is 10.1. The second-order valence-corrected chi connectivity index (χ2v) is 4.73. The normalized spacial score (nSPS) is 14.3. The standard InChI is InChI=1S/C10H19F3N2O2/c1-9(2,3)17-8(16)15-7(6-14)4-5-10(11,12)13/h7H,4-6,14H2,1-3H3,(H,15,16). The van der Waals surface area contributed by atoms with Gasteiger partial charge in [-0.1, -0.05) is 0 Å². The minimum atomic E-state index is -4.25. The first-order valence-electron chi connectivity index (χ1n) is 5.30. The van der Waals surface area contributed by atoms with Crippen LogP contribution in [0.3, 0.4) is 0 Å². The van der Waals surface area contributed by atoms with Gasteiger partial charge in [0.1, 0.15) is 5.60 Å². The van der Waals surface area contributed by atoms with Crippen molar-refractivity contribution in [1.82, 2.24) is 5.32 Å². The molecule has 17 heavy (non-hydrogen) atoms. The number of alkyl halides is 3. The first-order chi connectivity index (χ1) is 7.53. The fourth-order valence-corrected chi connectivity index (χ4v) is 1.06. The summed E-state index contributed by atoms with van der Waals surface area (Å²) in [5, 5.41) is 2.31. The first-order valence-corrected chi connectivity index (χ1v) is 5.30. The Morgan fingerprint density at radius 1 is 1.35 bits per heavy atom. The Hall–Kier alpha value is -0.980. The van der Waals surface area contributed by atoms with Gasteiger partial charge in [0.25, 0.3) is 0 Å². The summed E-state index contributed by atoms with van der Waals surface area (Å²) in [7, 11) is 0. The van der Waals surface area contributed by atoms with Crippen LogP contribution in [0.5, 0.6) is 0 Å². The van der Waals surface area contributed by atoms with E-state index in [1.807, 2.05) is 0 Å². The van der Waals surface area contributed by atoms with E-state index in [0.29, 0.717) is 0 Å². The number of hydrogen-bond acceptors (Lipinski definition) is 3. The Kier molecular flexibility index (Phi) is 5.74. The molecule has 0 aliphatic carbocycles. The predicted octanol–water partition coefficient (Wildman–Crippen LogP) is 2.18. The zero-order valence-electron chi connectivity index (χ0n) is 10.2. The number of hydrogen-bond donors (Lipinski definition) is 2. The molecule has 0 saturated carbocycles. The molecule has 0 spiro atoms. The number of rotatable bonds is 4. The molecule has 7 heteroatoms. The van der Waals surface area contributed by atoms with E-state index >= 15 is 0 Å². The molecule has 0 bridgehead atoms. The van der Waals surface area contributed by atoms with Gasteiger partial charge in [0, 0.05) is 19.0 Å². The molecule has 1 unspecified atom stereocenters. The largest absolute Gasteiger partial charge is 0.444 e. The van der Waals surface area contributed by atoms with E-state index in [-0.39, 0.29) is 13.0 Å². The third-order valence-electron chi connectivity index (χ3n) is 1.78. The van der Waals surface area contributed by atoms with Crippen LogP contribution < -0.4 is 11.1 Å². The summed E-state index contributed by atoms with van der Waals surface area (Å²) in [6.45, 7) is 4.94. The van der Waals surface area contributed by atoms with Crippen molar-refractivity contribution in [3.05, 3.63) is 0 Å². The fourth-order valence-electron chi connectivity index (χ4n) is 1.06. The molecule has 0 radical (unpaired) electrons. The molecule has 0 saturated heterocycles. The van der Waals surface area contributed by atoms with Gasteiger partial charge in [-0.25, -0.2) is 4.79 Å². The Balaban J connectivity index is 4.09. The molecule has 3 N–H and O–H groups in total. The highest BCUT2D eigenvalue weighted by Gasteiger charge is 2.29. The number of carbonyl (C=O) groups excluding carboxylic acids is 1. The van der Waals surface area contributed by atoms with Gasteiger partial charge in [-0.15, -0.1) is 0 Å². The topological polar surface area (TPSA) is 64.3 Å². The lowest BCUT2D eigenvalue weighted by Crippen LogP contribution is -2.43. The molecule has 102 valence electrons. The van der Waals surface area contributed by atoms with Gasteiger partial charge < -0.3 is 15.8 Å². The minimum Gasteiger partial charge on any atom is -0.444 e. The number of alkyl carbamates (subject to hydrolysis) is 1. The maximum Gasteiger partial charge on any atom is 0.407 e. The number of halogens is 3. The van der Waals surface area contributed by atoms with Crippen molar-refractivity contribution >= 4 is 6.09 Å². The number of nitrogens with one attached hydrogen (secondary N) is 1. The smallest absolute Gasteiger partial charge is 0.407 e. The Bertz CT molecular complexity index is 249. The van der Waals surface area contributed by atoms with Crippen molar-refractivity contribution in [3.8, 4) is 0 Å². The lowest BCUT2D eigenvalue weighted by molar-refractivity contribution is -0.136. The third-order valence-corrected chi connectivity index (χ3v) is 1.78. The van der Waals surface area contributed by atoms with E-state index in [0.717, 1.165) is 0 Å². The van der Waals surface area contributed by atoms with Gasteiger partial charge in [0.05, 0.1) is 0 Å². The summed E-state index contributed by atoms with van der Waals surface area (Å²) in [6.07, 6.45) is -6.23. The summed E-state index contributed by atoms with van der Waals surface area (Å²) in [5.74, 6) is 0. The fraction of sp³-hybridized carbons (Fsp3) is 0.900. The first kappa shape index (κ1) is 16.0. The van der Waals surface area contributed by atoms with Gasteiger partial charge in [0.2, 0.25) is 0 Å². The Morgan fingerprint density at radius 3 is 2.24 bits per heavy atom. The van der Waals surface area contributed by atoms with E-state index in [9.17, 15) is 18.0 Å². The quantitative estimate of drug-likeness (QED) is 0.810. The molecule has 0 aromatic rings. The van der Waals surface area contributed by atoms with Crippen LogP contribution >= 0.6 is 0 Å². The molecule has 1 atom stereocenters. The minimum absolute atomic E-state index is 0.0602. The molecule has 0 aromatic carbocycles. The van der Waals surface area contributed by atoms with E-state index in [1.165, 1.54) is 0 Å². The number of carbonyl (C=O) groups is 1. The highest BCUT2D eigenvalue weighted by atomic mass is 19.4. The van der Waals surface area contributed by atoms with Gasteiger partial charge in [-0.2, -0.15) is 13.2 Å². The van der Waals surface area contributed by atoms with Crippen molar-refractivity contribution in [3.63, 3.8) is 0 Å². The van der Waals surface area contributed by atoms with Crippen LogP contribution in [0.25, 0.3) is 0 Å². The maximum absolute atomic E-state index is 12.0. The summed E-state index contributed by atoms with van der Waals surface area (Å²) in [6, 6.07) is -0.730. The summed E-state index contributed by atoms with van der Waals surface area (Å²) in [4.78, 5) is 11.3. The SMILES string of the molecule is CC(C)(C)OC(=O)NC(CN)CCC(F)(F)F.